The van der Waals surface area contributed by atoms with Crippen molar-refractivity contribution in [2.75, 3.05) is 20.8 Å². The van der Waals surface area contributed by atoms with Crippen LogP contribution in [0.15, 0.2) is 57.9 Å². The predicted octanol–water partition coefficient (Wildman–Crippen LogP) is 2.66. The fourth-order valence-electron chi connectivity index (χ4n) is 3.02. The fraction of sp³-hybridized carbons (Fsp3) is 0.318. The number of amides is 1. The Morgan fingerprint density at radius 3 is 2.70 bits per heavy atom. The van der Waals surface area contributed by atoms with E-state index in [0.717, 1.165) is 5.56 Å². The van der Waals surface area contributed by atoms with Crippen LogP contribution >= 0.6 is 0 Å². The number of rotatable bonds is 10. The number of aromatic nitrogens is 2. The van der Waals surface area contributed by atoms with Crippen LogP contribution in [0.4, 0.5) is 0 Å². The molecule has 0 aliphatic rings. The van der Waals surface area contributed by atoms with Crippen LogP contribution in [-0.2, 0) is 17.8 Å². The first kappa shape index (κ1) is 21.2. The Labute approximate surface area is 174 Å². The summed E-state index contributed by atoms with van der Waals surface area (Å²) < 4.78 is 17.2. The molecule has 0 unspecified atom stereocenters. The van der Waals surface area contributed by atoms with E-state index in [4.69, 9.17) is 13.9 Å². The van der Waals surface area contributed by atoms with Gasteiger partial charge in [0.15, 0.2) is 17.3 Å². The van der Waals surface area contributed by atoms with Gasteiger partial charge in [0, 0.05) is 25.6 Å². The molecular weight excluding hydrogens is 386 g/mol. The summed E-state index contributed by atoms with van der Waals surface area (Å²) in [6.07, 6.45) is 3.05. The number of hydrogen-bond donors (Lipinski definition) is 1. The lowest BCUT2D eigenvalue weighted by Crippen LogP contribution is -2.27. The minimum atomic E-state index is -0.209. The summed E-state index contributed by atoms with van der Waals surface area (Å²) >= 11 is 0. The van der Waals surface area contributed by atoms with E-state index in [0.29, 0.717) is 55.3 Å². The van der Waals surface area contributed by atoms with Gasteiger partial charge in [-0.2, -0.15) is 5.10 Å². The first-order valence-corrected chi connectivity index (χ1v) is 9.70. The second-order valence-corrected chi connectivity index (χ2v) is 6.65. The molecule has 2 heterocycles. The molecule has 1 amide bonds. The lowest BCUT2D eigenvalue weighted by atomic mass is 10.1. The summed E-state index contributed by atoms with van der Waals surface area (Å²) in [7, 11) is 3.18. The van der Waals surface area contributed by atoms with Gasteiger partial charge in [-0.1, -0.05) is 6.07 Å². The molecule has 0 fully saturated rings. The molecule has 0 saturated heterocycles. The van der Waals surface area contributed by atoms with Crippen LogP contribution in [0.5, 0.6) is 11.5 Å². The summed E-state index contributed by atoms with van der Waals surface area (Å²) in [5.41, 5.74) is 1.41. The van der Waals surface area contributed by atoms with E-state index in [9.17, 15) is 9.59 Å². The molecule has 0 radical (unpaired) electrons. The van der Waals surface area contributed by atoms with Crippen molar-refractivity contribution in [2.24, 2.45) is 0 Å². The van der Waals surface area contributed by atoms with E-state index in [2.05, 4.69) is 10.4 Å². The van der Waals surface area contributed by atoms with E-state index in [1.54, 1.807) is 38.7 Å². The largest absolute Gasteiger partial charge is 0.493 e. The second kappa shape index (κ2) is 10.3. The summed E-state index contributed by atoms with van der Waals surface area (Å²) in [6, 6.07) is 12.3. The molecule has 0 atom stereocenters. The third-order valence-corrected chi connectivity index (χ3v) is 4.60. The smallest absolute Gasteiger partial charge is 0.266 e. The number of nitrogens with one attached hydrogen (secondary N) is 1. The average molecular weight is 411 g/mol. The first-order valence-electron chi connectivity index (χ1n) is 9.70. The van der Waals surface area contributed by atoms with Crippen molar-refractivity contribution in [3.8, 4) is 23.0 Å². The Morgan fingerprint density at radius 2 is 1.97 bits per heavy atom. The van der Waals surface area contributed by atoms with Gasteiger partial charge in [-0.3, -0.25) is 9.59 Å². The minimum Gasteiger partial charge on any atom is -0.493 e. The van der Waals surface area contributed by atoms with Crippen LogP contribution in [0.3, 0.4) is 0 Å². The van der Waals surface area contributed by atoms with Crippen molar-refractivity contribution in [3.05, 3.63) is 64.6 Å². The van der Waals surface area contributed by atoms with Crippen molar-refractivity contribution in [2.45, 2.75) is 25.8 Å². The summed E-state index contributed by atoms with van der Waals surface area (Å²) in [5.74, 6) is 1.86. The van der Waals surface area contributed by atoms with Crippen molar-refractivity contribution >= 4 is 5.91 Å². The van der Waals surface area contributed by atoms with E-state index < -0.39 is 0 Å². The molecule has 0 spiro atoms. The Balaban J connectivity index is 1.44. The highest BCUT2D eigenvalue weighted by Crippen LogP contribution is 2.27. The van der Waals surface area contributed by atoms with Gasteiger partial charge in [0.25, 0.3) is 5.56 Å². The quantitative estimate of drug-likeness (QED) is 0.551. The van der Waals surface area contributed by atoms with Gasteiger partial charge in [0.05, 0.1) is 20.5 Å². The van der Waals surface area contributed by atoms with Crippen LogP contribution in [-0.4, -0.2) is 36.5 Å². The molecule has 8 heteroatoms. The Kier molecular flexibility index (Phi) is 7.26. The Bertz CT molecular complexity index is 1030. The maximum atomic E-state index is 12.1. The third-order valence-electron chi connectivity index (χ3n) is 4.60. The molecule has 3 rings (SSSR count). The number of ether oxygens (including phenoxy) is 2. The van der Waals surface area contributed by atoms with Crippen molar-refractivity contribution in [1.29, 1.82) is 0 Å². The number of carbonyl (C=O) groups excluding carboxylic acids is 1. The highest BCUT2D eigenvalue weighted by molar-refractivity contribution is 5.75. The second-order valence-electron chi connectivity index (χ2n) is 6.65. The Morgan fingerprint density at radius 1 is 1.13 bits per heavy atom. The lowest BCUT2D eigenvalue weighted by Gasteiger charge is -2.10. The number of aryl methyl sites for hydroxylation is 1. The SMILES string of the molecule is COc1ccc(CCNC(=O)CCCn2nc(-c3ccco3)ccc2=O)cc1OC. The summed E-state index contributed by atoms with van der Waals surface area (Å²) in [5, 5.41) is 7.20. The van der Waals surface area contributed by atoms with Crippen LogP contribution in [0, 0.1) is 0 Å². The summed E-state index contributed by atoms with van der Waals surface area (Å²) in [4.78, 5) is 24.1. The first-order chi connectivity index (χ1) is 14.6. The lowest BCUT2D eigenvalue weighted by molar-refractivity contribution is -0.121. The molecule has 2 aromatic heterocycles. The van der Waals surface area contributed by atoms with E-state index in [-0.39, 0.29) is 11.5 Å². The predicted molar refractivity (Wildman–Crippen MR) is 112 cm³/mol. The Hall–Kier alpha value is -3.55. The van der Waals surface area contributed by atoms with Crippen LogP contribution in [0.25, 0.3) is 11.5 Å². The van der Waals surface area contributed by atoms with Crippen molar-refractivity contribution < 1.29 is 18.7 Å². The van der Waals surface area contributed by atoms with Crippen molar-refractivity contribution in [3.63, 3.8) is 0 Å². The van der Waals surface area contributed by atoms with Crippen LogP contribution in [0.1, 0.15) is 18.4 Å². The molecule has 1 N–H and O–H groups in total. The van der Waals surface area contributed by atoms with Gasteiger partial charge in [-0.15, -0.1) is 0 Å². The number of methoxy groups -OCH3 is 2. The van der Waals surface area contributed by atoms with E-state index in [1.807, 2.05) is 18.2 Å². The number of carbonyl (C=O) groups is 1. The molecule has 3 aromatic rings. The molecule has 0 aliphatic heterocycles. The number of furan rings is 1. The number of hydrogen-bond acceptors (Lipinski definition) is 6. The molecule has 0 saturated carbocycles. The monoisotopic (exact) mass is 411 g/mol. The normalized spacial score (nSPS) is 10.6. The van der Waals surface area contributed by atoms with Crippen LogP contribution < -0.4 is 20.3 Å². The standard InChI is InChI=1S/C22H25N3O5/c1-28-19-9-7-16(15-20(19)29-2)11-12-23-21(26)6-3-13-25-22(27)10-8-17(24-25)18-5-4-14-30-18/h4-5,7-10,14-15H,3,6,11-13H2,1-2H3,(H,23,26). The average Bonchev–Trinajstić information content (AvgIpc) is 3.30. The highest BCUT2D eigenvalue weighted by atomic mass is 16.5. The zero-order valence-corrected chi connectivity index (χ0v) is 17.1. The zero-order valence-electron chi connectivity index (χ0n) is 17.1. The van der Waals surface area contributed by atoms with E-state index >= 15 is 0 Å². The fourth-order valence-corrected chi connectivity index (χ4v) is 3.02. The molecule has 8 nitrogen and oxygen atoms in total. The maximum absolute atomic E-state index is 12.1. The van der Waals surface area contributed by atoms with E-state index in [1.165, 1.54) is 10.7 Å². The minimum absolute atomic E-state index is 0.0642. The molecule has 0 aliphatic carbocycles. The van der Waals surface area contributed by atoms with Gasteiger partial charge in [0.2, 0.25) is 5.91 Å². The van der Waals surface area contributed by atoms with Crippen molar-refractivity contribution in [1.82, 2.24) is 15.1 Å². The zero-order chi connectivity index (χ0) is 21.3. The molecule has 1 aromatic carbocycles. The van der Waals surface area contributed by atoms with Gasteiger partial charge in [-0.25, -0.2) is 4.68 Å². The summed E-state index contributed by atoms with van der Waals surface area (Å²) in [6.45, 7) is 0.872. The van der Waals surface area contributed by atoms with Gasteiger partial charge in [-0.05, 0) is 48.7 Å². The highest BCUT2D eigenvalue weighted by Gasteiger charge is 2.08. The third kappa shape index (κ3) is 5.50. The number of benzene rings is 1. The van der Waals surface area contributed by atoms with Gasteiger partial charge < -0.3 is 19.2 Å². The molecular formula is C22H25N3O5. The maximum Gasteiger partial charge on any atom is 0.266 e. The molecule has 30 heavy (non-hydrogen) atoms. The topological polar surface area (TPSA) is 95.6 Å². The molecule has 158 valence electrons. The van der Waals surface area contributed by atoms with Crippen LogP contribution in [0.2, 0.25) is 0 Å². The molecule has 0 bridgehead atoms. The van der Waals surface area contributed by atoms with Gasteiger partial charge >= 0.3 is 0 Å². The number of nitrogens with zero attached hydrogens (tertiary/aromatic N) is 2. The van der Waals surface area contributed by atoms with Gasteiger partial charge in [0.1, 0.15) is 5.69 Å².